The van der Waals surface area contributed by atoms with Crippen LogP contribution < -0.4 is 5.32 Å². The van der Waals surface area contributed by atoms with Gasteiger partial charge in [0, 0.05) is 17.8 Å². The predicted octanol–water partition coefficient (Wildman–Crippen LogP) is 2.34. The van der Waals surface area contributed by atoms with Gasteiger partial charge in [0.05, 0.1) is 23.5 Å². The van der Waals surface area contributed by atoms with Gasteiger partial charge in [0.1, 0.15) is 5.82 Å². The highest BCUT2D eigenvalue weighted by Crippen LogP contribution is 2.16. The third-order valence-electron chi connectivity index (χ3n) is 2.50. The van der Waals surface area contributed by atoms with E-state index in [9.17, 15) is 4.39 Å². The van der Waals surface area contributed by atoms with Gasteiger partial charge >= 0.3 is 0 Å². The number of halogens is 1. The average Bonchev–Trinajstić information content (AvgIpc) is 2.73. The van der Waals surface area contributed by atoms with E-state index < -0.39 is 5.82 Å². The number of H-pyrrole nitrogens is 1. The Morgan fingerprint density at radius 1 is 1.53 bits per heavy atom. The summed E-state index contributed by atoms with van der Waals surface area (Å²) in [7, 11) is 0. The van der Waals surface area contributed by atoms with Crippen molar-refractivity contribution in [2.75, 3.05) is 5.32 Å². The van der Waals surface area contributed by atoms with E-state index in [0.717, 1.165) is 11.3 Å². The SMILES string of the molecule is Cc1[nH]ncc1CNc1ccc(C#N)cc1F. The van der Waals surface area contributed by atoms with Gasteiger partial charge in [0.2, 0.25) is 0 Å². The van der Waals surface area contributed by atoms with Crippen LogP contribution in [0.1, 0.15) is 16.8 Å². The number of aromatic amines is 1. The van der Waals surface area contributed by atoms with Crippen LogP contribution in [0.5, 0.6) is 0 Å². The first-order chi connectivity index (χ1) is 8.20. The van der Waals surface area contributed by atoms with Crippen molar-refractivity contribution >= 4 is 5.69 Å². The smallest absolute Gasteiger partial charge is 0.147 e. The molecular weight excluding hydrogens is 219 g/mol. The second-order valence-corrected chi connectivity index (χ2v) is 3.68. The number of hydrogen-bond acceptors (Lipinski definition) is 3. The highest BCUT2D eigenvalue weighted by atomic mass is 19.1. The lowest BCUT2D eigenvalue weighted by Gasteiger charge is -2.06. The van der Waals surface area contributed by atoms with Crippen molar-refractivity contribution in [1.29, 1.82) is 5.26 Å². The van der Waals surface area contributed by atoms with Crippen LogP contribution in [0.2, 0.25) is 0 Å². The Kier molecular flexibility index (Phi) is 3.06. The van der Waals surface area contributed by atoms with Gasteiger partial charge in [-0.25, -0.2) is 4.39 Å². The molecular formula is C12H11FN4. The fourth-order valence-electron chi connectivity index (χ4n) is 1.47. The van der Waals surface area contributed by atoms with Crippen molar-refractivity contribution in [2.24, 2.45) is 0 Å². The molecule has 2 N–H and O–H groups in total. The molecule has 0 radical (unpaired) electrons. The van der Waals surface area contributed by atoms with Crippen LogP contribution in [0.15, 0.2) is 24.4 Å². The van der Waals surface area contributed by atoms with Gasteiger partial charge in [-0.15, -0.1) is 0 Å². The summed E-state index contributed by atoms with van der Waals surface area (Å²) in [5, 5.41) is 18.3. The summed E-state index contributed by atoms with van der Waals surface area (Å²) < 4.78 is 13.5. The molecule has 86 valence electrons. The average molecular weight is 230 g/mol. The predicted molar refractivity (Wildman–Crippen MR) is 61.8 cm³/mol. The molecule has 1 heterocycles. The van der Waals surface area contributed by atoms with Gasteiger partial charge < -0.3 is 5.32 Å². The van der Waals surface area contributed by atoms with E-state index in [-0.39, 0.29) is 0 Å². The minimum absolute atomic E-state index is 0.313. The molecule has 1 aromatic heterocycles. The zero-order valence-corrected chi connectivity index (χ0v) is 9.29. The molecule has 0 saturated carbocycles. The molecule has 0 saturated heterocycles. The first-order valence-corrected chi connectivity index (χ1v) is 5.13. The van der Waals surface area contributed by atoms with Crippen LogP contribution in [0.4, 0.5) is 10.1 Å². The lowest BCUT2D eigenvalue weighted by atomic mass is 10.2. The summed E-state index contributed by atoms with van der Waals surface area (Å²) in [6.07, 6.45) is 1.70. The fraction of sp³-hybridized carbons (Fsp3) is 0.167. The molecule has 0 spiro atoms. The number of anilines is 1. The second-order valence-electron chi connectivity index (χ2n) is 3.68. The van der Waals surface area contributed by atoms with Crippen LogP contribution in [0.3, 0.4) is 0 Å². The Morgan fingerprint density at radius 3 is 2.94 bits per heavy atom. The lowest BCUT2D eigenvalue weighted by molar-refractivity contribution is 0.629. The molecule has 1 aromatic carbocycles. The number of nitrogens with zero attached hydrogens (tertiary/aromatic N) is 2. The Bertz CT molecular complexity index is 568. The van der Waals surface area contributed by atoms with E-state index >= 15 is 0 Å². The maximum absolute atomic E-state index is 13.5. The fourth-order valence-corrected chi connectivity index (χ4v) is 1.47. The van der Waals surface area contributed by atoms with E-state index in [1.165, 1.54) is 6.07 Å². The van der Waals surface area contributed by atoms with E-state index in [4.69, 9.17) is 5.26 Å². The molecule has 0 aliphatic carbocycles. The van der Waals surface area contributed by atoms with Crippen molar-refractivity contribution in [1.82, 2.24) is 10.2 Å². The van der Waals surface area contributed by atoms with Gasteiger partial charge in [0.25, 0.3) is 0 Å². The second kappa shape index (κ2) is 4.66. The summed E-state index contributed by atoms with van der Waals surface area (Å²) in [6, 6.07) is 6.24. The normalized spacial score (nSPS) is 9.94. The zero-order valence-electron chi connectivity index (χ0n) is 9.29. The van der Waals surface area contributed by atoms with Crippen molar-refractivity contribution in [3.8, 4) is 6.07 Å². The monoisotopic (exact) mass is 230 g/mol. The number of benzene rings is 1. The van der Waals surface area contributed by atoms with E-state index in [1.54, 1.807) is 18.3 Å². The molecule has 2 rings (SSSR count). The van der Waals surface area contributed by atoms with Gasteiger partial charge in [-0.2, -0.15) is 10.4 Å². The molecule has 5 heteroatoms. The molecule has 17 heavy (non-hydrogen) atoms. The van der Waals surface area contributed by atoms with Crippen LogP contribution in [0, 0.1) is 24.1 Å². The van der Waals surface area contributed by atoms with Crippen molar-refractivity contribution in [2.45, 2.75) is 13.5 Å². The summed E-state index contributed by atoms with van der Waals surface area (Å²) in [6.45, 7) is 2.39. The summed E-state index contributed by atoms with van der Waals surface area (Å²) >= 11 is 0. The third kappa shape index (κ3) is 2.42. The molecule has 0 aliphatic rings. The van der Waals surface area contributed by atoms with Gasteiger partial charge in [-0.1, -0.05) is 0 Å². The highest BCUT2D eigenvalue weighted by Gasteiger charge is 2.05. The maximum atomic E-state index is 13.5. The Labute approximate surface area is 98.1 Å². The largest absolute Gasteiger partial charge is 0.378 e. The number of nitrogens with one attached hydrogen (secondary N) is 2. The van der Waals surface area contributed by atoms with Crippen LogP contribution in [-0.2, 0) is 6.54 Å². The van der Waals surface area contributed by atoms with Crippen molar-refractivity contribution in [3.63, 3.8) is 0 Å². The molecule has 0 bridgehead atoms. The van der Waals surface area contributed by atoms with Crippen molar-refractivity contribution in [3.05, 3.63) is 47.0 Å². The van der Waals surface area contributed by atoms with E-state index in [1.807, 2.05) is 13.0 Å². The minimum atomic E-state index is -0.426. The number of aromatic nitrogens is 2. The maximum Gasteiger partial charge on any atom is 0.147 e. The topological polar surface area (TPSA) is 64.5 Å². The summed E-state index contributed by atoms with van der Waals surface area (Å²) in [5.41, 5.74) is 2.62. The standard InChI is InChI=1S/C12H11FN4/c1-8-10(7-16-17-8)6-15-12-3-2-9(5-14)4-11(12)13/h2-4,7,15H,6H2,1H3,(H,16,17). The summed E-state index contributed by atoms with van der Waals surface area (Å²) in [4.78, 5) is 0. The number of rotatable bonds is 3. The van der Waals surface area contributed by atoms with Gasteiger partial charge in [0.15, 0.2) is 0 Å². The molecule has 0 amide bonds. The first-order valence-electron chi connectivity index (χ1n) is 5.13. The van der Waals surface area contributed by atoms with E-state index in [2.05, 4.69) is 15.5 Å². The molecule has 0 aliphatic heterocycles. The lowest BCUT2D eigenvalue weighted by Crippen LogP contribution is -2.02. The third-order valence-corrected chi connectivity index (χ3v) is 2.50. The van der Waals surface area contributed by atoms with Crippen LogP contribution >= 0.6 is 0 Å². The summed E-state index contributed by atoms with van der Waals surface area (Å²) in [5.74, 6) is -0.426. The number of aryl methyl sites for hydroxylation is 1. The van der Waals surface area contributed by atoms with E-state index in [0.29, 0.717) is 17.8 Å². The quantitative estimate of drug-likeness (QED) is 0.850. The highest BCUT2D eigenvalue weighted by molar-refractivity contribution is 5.49. The Morgan fingerprint density at radius 2 is 2.35 bits per heavy atom. The van der Waals surface area contributed by atoms with Gasteiger partial charge in [-0.3, -0.25) is 5.10 Å². The van der Waals surface area contributed by atoms with Crippen LogP contribution in [0.25, 0.3) is 0 Å². The van der Waals surface area contributed by atoms with Crippen molar-refractivity contribution < 1.29 is 4.39 Å². The Hall–Kier alpha value is -2.35. The molecule has 4 nitrogen and oxygen atoms in total. The van der Waals surface area contributed by atoms with Gasteiger partial charge in [-0.05, 0) is 25.1 Å². The minimum Gasteiger partial charge on any atom is -0.378 e. The molecule has 2 aromatic rings. The first kappa shape index (κ1) is 11.1. The molecule has 0 atom stereocenters. The number of nitriles is 1. The number of hydrogen-bond donors (Lipinski definition) is 2. The van der Waals surface area contributed by atoms with Crippen LogP contribution in [-0.4, -0.2) is 10.2 Å². The molecule has 0 fully saturated rings. The Balaban J connectivity index is 2.10. The zero-order chi connectivity index (χ0) is 12.3. The molecule has 0 unspecified atom stereocenters.